The smallest absolute Gasteiger partial charge is 0.324 e. The highest BCUT2D eigenvalue weighted by Gasteiger charge is 2.44. The number of benzene rings is 2. The molecule has 0 spiro atoms. The highest BCUT2D eigenvalue weighted by Crippen LogP contribution is 2.42. The van der Waals surface area contributed by atoms with Gasteiger partial charge < -0.3 is 10.2 Å². The fraction of sp³-hybridized carbons (Fsp3) is 0.364. The monoisotopic (exact) mass is 436 g/mol. The van der Waals surface area contributed by atoms with E-state index in [2.05, 4.69) is 10.2 Å². The zero-order valence-electron chi connectivity index (χ0n) is 16.4. The number of carbonyl (C=O) groups is 2. The third-order valence-corrected chi connectivity index (χ3v) is 5.35. The van der Waals surface area contributed by atoms with Crippen molar-refractivity contribution in [1.29, 1.82) is 0 Å². The lowest BCUT2D eigenvalue weighted by Crippen LogP contribution is -2.38. The minimum Gasteiger partial charge on any atom is -0.324 e. The van der Waals surface area contributed by atoms with Crippen LogP contribution < -0.4 is 10.4 Å². The summed E-state index contributed by atoms with van der Waals surface area (Å²) in [7, 11) is 0. The third-order valence-electron chi connectivity index (χ3n) is 5.35. The van der Waals surface area contributed by atoms with Crippen molar-refractivity contribution in [2.24, 2.45) is 5.92 Å². The van der Waals surface area contributed by atoms with Crippen LogP contribution in [0.5, 0.6) is 0 Å². The van der Waals surface area contributed by atoms with E-state index < -0.39 is 23.9 Å². The van der Waals surface area contributed by atoms with E-state index in [4.69, 9.17) is 0 Å². The maximum Gasteiger partial charge on any atom is 0.493 e. The molecule has 5 nitrogen and oxygen atoms in total. The maximum absolute atomic E-state index is 13.6. The fourth-order valence-electron chi connectivity index (χ4n) is 3.40. The number of nitrogens with zero attached hydrogens (tertiary/aromatic N) is 1. The van der Waals surface area contributed by atoms with E-state index in [1.807, 2.05) is 6.07 Å². The zero-order valence-corrected chi connectivity index (χ0v) is 16.4. The summed E-state index contributed by atoms with van der Waals surface area (Å²) in [6, 6.07) is 11.0. The van der Waals surface area contributed by atoms with Crippen molar-refractivity contribution in [3.05, 3.63) is 65.5 Å². The number of anilines is 1. The Labute approximate surface area is 175 Å². The molecule has 164 valence electrons. The Hall–Kier alpha value is -2.94. The first-order valence-corrected chi connectivity index (χ1v) is 9.95. The van der Waals surface area contributed by atoms with Crippen molar-refractivity contribution < 1.29 is 32.0 Å². The summed E-state index contributed by atoms with van der Waals surface area (Å²) in [4.78, 5) is 28.7. The second-order valence-electron chi connectivity index (χ2n) is 7.88. The summed E-state index contributed by atoms with van der Waals surface area (Å²) < 4.78 is 51.8. The molecular weight excluding hydrogens is 416 g/mol. The van der Waals surface area contributed by atoms with Crippen LogP contribution in [0.3, 0.4) is 0 Å². The molecular formula is C22H20F4N2O3. The molecule has 31 heavy (non-hydrogen) atoms. The van der Waals surface area contributed by atoms with Gasteiger partial charge in [0.2, 0.25) is 0 Å². The summed E-state index contributed by atoms with van der Waals surface area (Å²) in [6.45, 7) is 0.959. The van der Waals surface area contributed by atoms with Gasteiger partial charge in [0.25, 0.3) is 5.91 Å². The van der Waals surface area contributed by atoms with Crippen LogP contribution in [0.4, 0.5) is 23.2 Å². The van der Waals surface area contributed by atoms with Gasteiger partial charge in [0.05, 0.1) is 5.69 Å². The quantitative estimate of drug-likeness (QED) is 0.541. The standard InChI is InChI=1S/C22H20F4N2O3/c23-16-5-2-6-17(10-16)28(31-21(30)22(24,25)26)20(29)15-4-1-3-14(9-15)18-11-19(18)27-12-13-7-8-13/h1-6,9-10,13,18-19,27H,7-8,11-12H2/t18-,19+/m0/s1. The van der Waals surface area contributed by atoms with E-state index in [-0.39, 0.29) is 22.2 Å². The van der Waals surface area contributed by atoms with Crippen LogP contribution in [-0.2, 0) is 9.63 Å². The van der Waals surface area contributed by atoms with Gasteiger partial charge in [-0.3, -0.25) is 4.79 Å². The van der Waals surface area contributed by atoms with E-state index in [9.17, 15) is 27.2 Å². The normalized spacial score (nSPS) is 20.3. The molecule has 2 fully saturated rings. The second kappa shape index (κ2) is 8.30. The van der Waals surface area contributed by atoms with Crippen molar-refractivity contribution in [3.8, 4) is 0 Å². The predicted octanol–water partition coefficient (Wildman–Crippen LogP) is 4.35. The van der Waals surface area contributed by atoms with Gasteiger partial charge in [0.15, 0.2) is 0 Å². The molecule has 1 N–H and O–H groups in total. The first-order chi connectivity index (χ1) is 14.7. The van der Waals surface area contributed by atoms with Crippen LogP contribution in [-0.4, -0.2) is 30.6 Å². The van der Waals surface area contributed by atoms with Crippen molar-refractivity contribution in [2.45, 2.75) is 37.4 Å². The number of hydrogen-bond donors (Lipinski definition) is 1. The number of halogens is 4. The Balaban J connectivity index is 1.54. The van der Waals surface area contributed by atoms with Crippen LogP contribution in [0.1, 0.15) is 41.1 Å². The van der Waals surface area contributed by atoms with Crippen LogP contribution in [0.25, 0.3) is 0 Å². The van der Waals surface area contributed by atoms with Crippen LogP contribution >= 0.6 is 0 Å². The number of alkyl halides is 3. The van der Waals surface area contributed by atoms with Gasteiger partial charge >= 0.3 is 12.1 Å². The molecule has 2 atom stereocenters. The van der Waals surface area contributed by atoms with E-state index in [0.717, 1.165) is 36.6 Å². The summed E-state index contributed by atoms with van der Waals surface area (Å²) in [5.41, 5.74) is 0.563. The summed E-state index contributed by atoms with van der Waals surface area (Å²) in [5.74, 6) is -3.44. The highest BCUT2D eigenvalue weighted by atomic mass is 19.4. The minimum absolute atomic E-state index is 0.0320. The topological polar surface area (TPSA) is 58.6 Å². The minimum atomic E-state index is -5.32. The van der Waals surface area contributed by atoms with E-state index in [1.54, 1.807) is 12.1 Å². The molecule has 0 bridgehead atoms. The van der Waals surface area contributed by atoms with Crippen LogP contribution in [0.15, 0.2) is 48.5 Å². The molecule has 9 heteroatoms. The number of hydrogen-bond acceptors (Lipinski definition) is 4. The van der Waals surface area contributed by atoms with Gasteiger partial charge in [0.1, 0.15) is 5.82 Å². The molecule has 2 aromatic carbocycles. The number of carbonyl (C=O) groups excluding carboxylic acids is 2. The molecule has 0 aliphatic heterocycles. The number of amides is 1. The van der Waals surface area contributed by atoms with Crippen LogP contribution in [0, 0.1) is 11.7 Å². The second-order valence-corrected chi connectivity index (χ2v) is 7.88. The first kappa shape index (κ1) is 21.3. The third kappa shape index (κ3) is 5.22. The van der Waals surface area contributed by atoms with Gasteiger partial charge in [-0.1, -0.05) is 18.2 Å². The van der Waals surface area contributed by atoms with Gasteiger partial charge in [-0.05, 0) is 61.6 Å². The number of nitrogens with one attached hydrogen (secondary N) is 1. The Kier molecular flexibility index (Phi) is 5.70. The predicted molar refractivity (Wildman–Crippen MR) is 104 cm³/mol. The van der Waals surface area contributed by atoms with Gasteiger partial charge in [-0.2, -0.15) is 13.2 Å². The largest absolute Gasteiger partial charge is 0.493 e. The van der Waals surface area contributed by atoms with Crippen LogP contribution in [0.2, 0.25) is 0 Å². The Bertz CT molecular complexity index is 991. The molecule has 0 radical (unpaired) electrons. The van der Waals surface area contributed by atoms with Crippen molar-refractivity contribution in [1.82, 2.24) is 5.32 Å². The molecule has 1 amide bonds. The van der Waals surface area contributed by atoms with Crippen molar-refractivity contribution in [2.75, 3.05) is 11.6 Å². The average Bonchev–Trinajstić information content (AvgIpc) is 3.64. The number of hydroxylamine groups is 1. The molecule has 0 unspecified atom stereocenters. The molecule has 0 heterocycles. The summed E-state index contributed by atoms with van der Waals surface area (Å²) in [6.07, 6.45) is -1.94. The summed E-state index contributed by atoms with van der Waals surface area (Å²) >= 11 is 0. The van der Waals surface area contributed by atoms with E-state index in [0.29, 0.717) is 6.04 Å². The van der Waals surface area contributed by atoms with Crippen molar-refractivity contribution in [3.63, 3.8) is 0 Å². The molecule has 4 rings (SSSR count). The Morgan fingerprint density at radius 2 is 1.84 bits per heavy atom. The average molecular weight is 436 g/mol. The fourth-order valence-corrected chi connectivity index (χ4v) is 3.40. The zero-order chi connectivity index (χ0) is 22.2. The molecule has 2 aromatic rings. The first-order valence-electron chi connectivity index (χ1n) is 9.95. The Morgan fingerprint density at radius 3 is 2.52 bits per heavy atom. The lowest BCUT2D eigenvalue weighted by Gasteiger charge is -2.22. The van der Waals surface area contributed by atoms with Gasteiger partial charge in [0, 0.05) is 23.6 Å². The molecule has 2 aliphatic carbocycles. The van der Waals surface area contributed by atoms with Crippen molar-refractivity contribution >= 4 is 17.6 Å². The SMILES string of the molecule is O=C(c1cccc([C@@H]2C[C@H]2NCC2CC2)c1)N(OC(=O)C(F)(F)F)c1cccc(F)c1. The molecule has 0 saturated heterocycles. The van der Waals surface area contributed by atoms with Gasteiger partial charge in [-0.25, -0.2) is 9.18 Å². The Morgan fingerprint density at radius 1 is 1.10 bits per heavy atom. The maximum atomic E-state index is 13.6. The van der Waals surface area contributed by atoms with E-state index >= 15 is 0 Å². The molecule has 2 saturated carbocycles. The summed E-state index contributed by atoms with van der Waals surface area (Å²) in [5, 5.41) is 3.66. The van der Waals surface area contributed by atoms with Gasteiger partial charge in [-0.15, -0.1) is 5.06 Å². The molecule has 2 aliphatic rings. The van der Waals surface area contributed by atoms with E-state index in [1.165, 1.54) is 31.0 Å². The lowest BCUT2D eigenvalue weighted by molar-refractivity contribution is -0.199. The molecule has 0 aromatic heterocycles. The lowest BCUT2D eigenvalue weighted by atomic mass is 10.1. The highest BCUT2D eigenvalue weighted by molar-refractivity contribution is 6.06. The number of rotatable bonds is 6.